The van der Waals surface area contributed by atoms with Gasteiger partial charge in [-0.15, -0.1) is 0 Å². The predicted molar refractivity (Wildman–Crippen MR) is 197 cm³/mol. The van der Waals surface area contributed by atoms with Crippen molar-refractivity contribution >= 4 is 30.0 Å². The van der Waals surface area contributed by atoms with E-state index in [1.807, 2.05) is 91.0 Å². The van der Waals surface area contributed by atoms with Crippen LogP contribution in [0.5, 0.6) is 0 Å². The number of nitrogens with one attached hydrogen (secondary N) is 4. The summed E-state index contributed by atoms with van der Waals surface area (Å²) in [6, 6.07) is 24.2. The van der Waals surface area contributed by atoms with Crippen LogP contribution in [0.4, 0.5) is 9.59 Å². The molecule has 4 N–H and O–H groups in total. The predicted octanol–water partition coefficient (Wildman–Crippen LogP) is 5.38. The quantitative estimate of drug-likeness (QED) is 0.0873. The molecule has 3 rings (SSSR count). The Morgan fingerprint density at radius 3 is 1.52 bits per heavy atom. The number of hydrogen-bond donors (Lipinski definition) is 4. The SMILES string of the molecule is CC(C)(C)OC(=O)NCCC[C@H](NC(=O)OC(C)(C)C)C(=O)N[C@@H](Cc1ccccc1)C(=O)N[C@@H](Cc1ccccc1)C(=O)OCc1ccccc1. The lowest BCUT2D eigenvalue weighted by Gasteiger charge is -2.26. The minimum Gasteiger partial charge on any atom is -0.459 e. The van der Waals surface area contributed by atoms with E-state index < -0.39 is 59.3 Å². The fourth-order valence-corrected chi connectivity index (χ4v) is 5.01. The molecule has 280 valence electrons. The van der Waals surface area contributed by atoms with Crippen molar-refractivity contribution in [3.8, 4) is 0 Å². The molecule has 0 bridgehead atoms. The van der Waals surface area contributed by atoms with Gasteiger partial charge in [-0.05, 0) is 71.1 Å². The molecule has 3 aromatic carbocycles. The molecule has 0 aliphatic rings. The normalized spacial score (nSPS) is 13.0. The van der Waals surface area contributed by atoms with Crippen LogP contribution in [0, 0.1) is 0 Å². The zero-order valence-electron chi connectivity index (χ0n) is 30.9. The molecule has 0 saturated carbocycles. The molecule has 12 nitrogen and oxygen atoms in total. The third-order valence-electron chi connectivity index (χ3n) is 7.37. The van der Waals surface area contributed by atoms with Crippen molar-refractivity contribution in [1.82, 2.24) is 21.3 Å². The fraction of sp³-hybridized carbons (Fsp3) is 0.425. The number of amides is 4. The van der Waals surface area contributed by atoms with Crippen LogP contribution in [-0.2, 0) is 48.0 Å². The van der Waals surface area contributed by atoms with E-state index in [1.165, 1.54) is 0 Å². The number of hydrogen-bond acceptors (Lipinski definition) is 8. The van der Waals surface area contributed by atoms with Crippen LogP contribution in [0.2, 0.25) is 0 Å². The zero-order valence-corrected chi connectivity index (χ0v) is 30.9. The molecule has 0 heterocycles. The summed E-state index contributed by atoms with van der Waals surface area (Å²) >= 11 is 0. The van der Waals surface area contributed by atoms with Gasteiger partial charge in [-0.25, -0.2) is 14.4 Å². The van der Waals surface area contributed by atoms with E-state index in [4.69, 9.17) is 14.2 Å². The van der Waals surface area contributed by atoms with Gasteiger partial charge in [-0.3, -0.25) is 9.59 Å². The lowest BCUT2D eigenvalue weighted by molar-refractivity contribution is -0.149. The Labute approximate surface area is 306 Å². The van der Waals surface area contributed by atoms with Gasteiger partial charge in [-0.2, -0.15) is 0 Å². The highest BCUT2D eigenvalue weighted by Crippen LogP contribution is 2.12. The summed E-state index contributed by atoms with van der Waals surface area (Å²) in [5, 5.41) is 10.9. The van der Waals surface area contributed by atoms with E-state index in [0.29, 0.717) is 0 Å². The van der Waals surface area contributed by atoms with E-state index >= 15 is 0 Å². The van der Waals surface area contributed by atoms with Crippen LogP contribution in [-0.4, -0.2) is 65.8 Å². The minimum atomic E-state index is -1.14. The monoisotopic (exact) mass is 716 g/mol. The zero-order chi connectivity index (χ0) is 38.1. The van der Waals surface area contributed by atoms with Crippen molar-refractivity contribution in [2.75, 3.05) is 6.54 Å². The van der Waals surface area contributed by atoms with E-state index in [2.05, 4.69) is 21.3 Å². The molecule has 0 aromatic heterocycles. The molecule has 0 fully saturated rings. The van der Waals surface area contributed by atoms with Gasteiger partial charge in [0.2, 0.25) is 11.8 Å². The Morgan fingerprint density at radius 2 is 1.00 bits per heavy atom. The highest BCUT2D eigenvalue weighted by molar-refractivity contribution is 5.93. The van der Waals surface area contributed by atoms with Crippen molar-refractivity contribution in [2.24, 2.45) is 0 Å². The van der Waals surface area contributed by atoms with Crippen molar-refractivity contribution in [1.29, 1.82) is 0 Å². The molecule has 3 atom stereocenters. The molecule has 0 aliphatic carbocycles. The van der Waals surface area contributed by atoms with Crippen molar-refractivity contribution < 1.29 is 38.2 Å². The first-order chi connectivity index (χ1) is 24.6. The van der Waals surface area contributed by atoms with Gasteiger partial charge in [0, 0.05) is 19.4 Å². The number of alkyl carbamates (subject to hydrolysis) is 2. The number of carbonyl (C=O) groups excluding carboxylic acids is 5. The second-order valence-electron chi connectivity index (χ2n) is 14.4. The molecule has 52 heavy (non-hydrogen) atoms. The lowest BCUT2D eigenvalue weighted by atomic mass is 10.0. The molecule has 0 radical (unpaired) electrons. The van der Waals surface area contributed by atoms with Crippen molar-refractivity contribution in [3.63, 3.8) is 0 Å². The number of benzene rings is 3. The molecule has 0 spiro atoms. The summed E-state index contributed by atoms with van der Waals surface area (Å²) < 4.78 is 16.3. The van der Waals surface area contributed by atoms with Gasteiger partial charge in [0.05, 0.1) is 0 Å². The number of carbonyl (C=O) groups is 5. The third kappa shape index (κ3) is 16.1. The highest BCUT2D eigenvalue weighted by Gasteiger charge is 2.31. The first-order valence-electron chi connectivity index (χ1n) is 17.4. The van der Waals surface area contributed by atoms with E-state index in [1.54, 1.807) is 41.5 Å². The molecule has 0 unspecified atom stereocenters. The summed E-state index contributed by atoms with van der Waals surface area (Å²) in [6.45, 7) is 10.5. The molecule has 0 saturated heterocycles. The summed E-state index contributed by atoms with van der Waals surface area (Å²) in [5.74, 6) is -1.89. The topological polar surface area (TPSA) is 161 Å². The average Bonchev–Trinajstić information content (AvgIpc) is 3.07. The number of ether oxygens (including phenoxy) is 3. The van der Waals surface area contributed by atoms with Crippen LogP contribution in [0.15, 0.2) is 91.0 Å². The molecule has 0 aliphatic heterocycles. The number of rotatable bonds is 16. The molecule has 3 aromatic rings. The number of esters is 1. The maximum absolute atomic E-state index is 14.0. The molecular weight excluding hydrogens is 664 g/mol. The van der Waals surface area contributed by atoms with Crippen LogP contribution in [0.3, 0.4) is 0 Å². The van der Waals surface area contributed by atoms with Gasteiger partial charge >= 0.3 is 18.2 Å². The summed E-state index contributed by atoms with van der Waals surface area (Å²) in [7, 11) is 0. The van der Waals surface area contributed by atoms with Gasteiger partial charge in [-0.1, -0.05) is 91.0 Å². The summed E-state index contributed by atoms with van der Waals surface area (Å²) in [5.41, 5.74) is 0.835. The molecule has 12 heteroatoms. The Morgan fingerprint density at radius 1 is 0.558 bits per heavy atom. The first kappa shape index (κ1) is 41.0. The van der Waals surface area contributed by atoms with Crippen LogP contribution >= 0.6 is 0 Å². The fourth-order valence-electron chi connectivity index (χ4n) is 5.01. The van der Waals surface area contributed by atoms with Crippen molar-refractivity contribution in [2.45, 2.75) is 103 Å². The summed E-state index contributed by atoms with van der Waals surface area (Å²) in [4.78, 5) is 66.3. The van der Waals surface area contributed by atoms with Gasteiger partial charge in [0.1, 0.15) is 35.9 Å². The Hall–Kier alpha value is -5.39. The first-order valence-corrected chi connectivity index (χ1v) is 17.4. The third-order valence-corrected chi connectivity index (χ3v) is 7.37. The average molecular weight is 717 g/mol. The largest absolute Gasteiger partial charge is 0.459 e. The van der Waals surface area contributed by atoms with E-state index in [9.17, 15) is 24.0 Å². The van der Waals surface area contributed by atoms with E-state index in [-0.39, 0.29) is 38.8 Å². The highest BCUT2D eigenvalue weighted by atomic mass is 16.6. The van der Waals surface area contributed by atoms with Crippen LogP contribution in [0.1, 0.15) is 71.1 Å². The smallest absolute Gasteiger partial charge is 0.408 e. The molecular formula is C40H52N4O8. The molecule has 4 amide bonds. The van der Waals surface area contributed by atoms with Crippen LogP contribution in [0.25, 0.3) is 0 Å². The maximum atomic E-state index is 14.0. The summed E-state index contributed by atoms with van der Waals surface area (Å²) in [6.07, 6.45) is -0.798. The Balaban J connectivity index is 1.81. The van der Waals surface area contributed by atoms with Crippen LogP contribution < -0.4 is 21.3 Å². The second kappa shape index (κ2) is 19.9. The Bertz CT molecular complexity index is 1590. The standard InChI is InChI=1S/C40H52N4O8/c1-39(2,3)51-37(48)41-24-16-23-31(44-38(49)52-40(4,5)6)34(45)42-32(25-28-17-10-7-11-18-28)35(46)43-33(26-29-19-12-8-13-20-29)36(47)50-27-30-21-14-9-15-22-30/h7-15,17-22,31-33H,16,23-27H2,1-6H3,(H,41,48)(H,42,45)(H,43,46)(H,44,49)/t31-,32-,33-/m0/s1. The lowest BCUT2D eigenvalue weighted by Crippen LogP contribution is -2.57. The Kier molecular flexibility index (Phi) is 15.7. The minimum absolute atomic E-state index is 0.0197. The van der Waals surface area contributed by atoms with E-state index in [0.717, 1.165) is 16.7 Å². The van der Waals surface area contributed by atoms with Crippen molar-refractivity contribution in [3.05, 3.63) is 108 Å². The maximum Gasteiger partial charge on any atom is 0.408 e. The second-order valence-corrected chi connectivity index (χ2v) is 14.4. The van der Waals surface area contributed by atoms with Gasteiger partial charge in [0.15, 0.2) is 0 Å². The van der Waals surface area contributed by atoms with Gasteiger partial charge < -0.3 is 35.5 Å². The van der Waals surface area contributed by atoms with Gasteiger partial charge in [0.25, 0.3) is 0 Å².